The summed E-state index contributed by atoms with van der Waals surface area (Å²) in [6.07, 6.45) is 3.10. The molecule has 0 N–H and O–H groups in total. The van der Waals surface area contributed by atoms with Gasteiger partial charge < -0.3 is 4.90 Å². The van der Waals surface area contributed by atoms with Gasteiger partial charge in [-0.05, 0) is 30.9 Å². The number of benzene rings is 1. The smallest absolute Gasteiger partial charge is 0.253 e. The molecule has 0 unspecified atom stereocenters. The fourth-order valence-electron chi connectivity index (χ4n) is 2.64. The van der Waals surface area contributed by atoms with Gasteiger partial charge in [-0.1, -0.05) is 37.1 Å². The molecule has 0 saturated carbocycles. The fraction of sp³-hybridized carbons (Fsp3) is 0.438. The number of likely N-dealkylation sites (tertiary alicyclic amines) is 1. The molecule has 2 atom stereocenters. The fourth-order valence-corrected chi connectivity index (χ4v) is 2.64. The largest absolute Gasteiger partial charge is 0.338 e. The molecule has 96 valence electrons. The van der Waals surface area contributed by atoms with Crippen LogP contribution in [0.2, 0.25) is 0 Å². The first-order valence-electron chi connectivity index (χ1n) is 6.64. The molecule has 1 saturated heterocycles. The lowest BCUT2D eigenvalue weighted by atomic mass is 9.94. The molecule has 1 fully saturated rings. The zero-order valence-electron chi connectivity index (χ0n) is 11.2. The van der Waals surface area contributed by atoms with Gasteiger partial charge in [-0.3, -0.25) is 4.79 Å². The van der Waals surface area contributed by atoms with Gasteiger partial charge in [0.15, 0.2) is 0 Å². The summed E-state index contributed by atoms with van der Waals surface area (Å²) < 4.78 is 0. The van der Waals surface area contributed by atoms with Gasteiger partial charge in [0.2, 0.25) is 0 Å². The van der Waals surface area contributed by atoms with Crippen molar-refractivity contribution >= 4 is 5.91 Å². The summed E-state index contributed by atoms with van der Waals surface area (Å²) in [5.41, 5.74) is 1.98. The molecule has 1 aliphatic heterocycles. The molecule has 2 heteroatoms. The molecular formula is C16H21NO. The molecule has 1 amide bonds. The lowest BCUT2D eigenvalue weighted by molar-refractivity contribution is 0.0785. The van der Waals surface area contributed by atoms with Crippen LogP contribution in [0, 0.1) is 18.8 Å². The summed E-state index contributed by atoms with van der Waals surface area (Å²) in [4.78, 5) is 14.3. The Kier molecular flexibility index (Phi) is 3.85. The van der Waals surface area contributed by atoms with Crippen LogP contribution < -0.4 is 0 Å². The Hall–Kier alpha value is -1.57. The average molecular weight is 243 g/mol. The average Bonchev–Trinajstić information content (AvgIpc) is 2.82. The molecule has 1 heterocycles. The molecule has 0 aliphatic carbocycles. The molecule has 18 heavy (non-hydrogen) atoms. The zero-order chi connectivity index (χ0) is 13.1. The summed E-state index contributed by atoms with van der Waals surface area (Å²) in [5, 5.41) is 0. The van der Waals surface area contributed by atoms with E-state index in [1.807, 2.05) is 42.2 Å². The van der Waals surface area contributed by atoms with E-state index >= 15 is 0 Å². The third kappa shape index (κ3) is 2.47. The summed E-state index contributed by atoms with van der Waals surface area (Å²) in [5.74, 6) is 1.17. The summed E-state index contributed by atoms with van der Waals surface area (Å²) in [6, 6.07) is 7.82. The minimum Gasteiger partial charge on any atom is -0.338 e. The Morgan fingerprint density at radius 3 is 2.56 bits per heavy atom. The SMILES string of the molecule is C=C[C@H]1CN(C(=O)c2ccc(C)cc2)C[C@H]1CC. The minimum atomic E-state index is 0.151. The number of hydrogen-bond acceptors (Lipinski definition) is 1. The van der Waals surface area contributed by atoms with E-state index in [0.29, 0.717) is 11.8 Å². The van der Waals surface area contributed by atoms with Gasteiger partial charge in [0.25, 0.3) is 5.91 Å². The third-order valence-electron chi connectivity index (χ3n) is 3.90. The van der Waals surface area contributed by atoms with Gasteiger partial charge in [0.1, 0.15) is 0 Å². The predicted octanol–water partition coefficient (Wildman–Crippen LogP) is 3.28. The van der Waals surface area contributed by atoms with Crippen LogP contribution in [0.4, 0.5) is 0 Å². The van der Waals surface area contributed by atoms with Crippen molar-refractivity contribution in [1.82, 2.24) is 4.90 Å². The summed E-state index contributed by atoms with van der Waals surface area (Å²) in [6.45, 7) is 9.77. The van der Waals surface area contributed by atoms with Crippen molar-refractivity contribution in [3.05, 3.63) is 48.0 Å². The molecule has 0 bridgehead atoms. The second kappa shape index (κ2) is 5.38. The monoisotopic (exact) mass is 243 g/mol. The van der Waals surface area contributed by atoms with E-state index in [0.717, 1.165) is 25.1 Å². The van der Waals surface area contributed by atoms with Crippen molar-refractivity contribution in [2.45, 2.75) is 20.3 Å². The number of carbonyl (C=O) groups excluding carboxylic acids is 1. The Balaban J connectivity index is 2.11. The third-order valence-corrected chi connectivity index (χ3v) is 3.90. The first kappa shape index (κ1) is 12.9. The second-order valence-corrected chi connectivity index (χ2v) is 5.14. The van der Waals surface area contributed by atoms with Gasteiger partial charge in [-0.15, -0.1) is 6.58 Å². The van der Waals surface area contributed by atoms with Gasteiger partial charge in [-0.2, -0.15) is 0 Å². The van der Waals surface area contributed by atoms with Crippen LogP contribution in [-0.4, -0.2) is 23.9 Å². The highest BCUT2D eigenvalue weighted by Crippen LogP contribution is 2.27. The second-order valence-electron chi connectivity index (χ2n) is 5.14. The van der Waals surface area contributed by atoms with Gasteiger partial charge in [0.05, 0.1) is 0 Å². The predicted molar refractivity (Wildman–Crippen MR) is 74.6 cm³/mol. The zero-order valence-corrected chi connectivity index (χ0v) is 11.2. The molecule has 2 rings (SSSR count). The molecule has 1 aromatic carbocycles. The van der Waals surface area contributed by atoms with Crippen LogP contribution in [0.1, 0.15) is 29.3 Å². The molecule has 0 spiro atoms. The Bertz CT molecular complexity index is 435. The number of hydrogen-bond donors (Lipinski definition) is 0. The van der Waals surface area contributed by atoms with E-state index in [9.17, 15) is 4.79 Å². The summed E-state index contributed by atoms with van der Waals surface area (Å²) in [7, 11) is 0. The summed E-state index contributed by atoms with van der Waals surface area (Å²) >= 11 is 0. The first-order chi connectivity index (χ1) is 8.65. The van der Waals surface area contributed by atoms with E-state index in [-0.39, 0.29) is 5.91 Å². The van der Waals surface area contributed by atoms with Crippen molar-refractivity contribution in [2.24, 2.45) is 11.8 Å². The molecule has 0 aromatic heterocycles. The quantitative estimate of drug-likeness (QED) is 0.746. The van der Waals surface area contributed by atoms with Gasteiger partial charge in [0, 0.05) is 18.7 Å². The number of carbonyl (C=O) groups is 1. The molecule has 2 nitrogen and oxygen atoms in total. The molecule has 1 aliphatic rings. The lowest BCUT2D eigenvalue weighted by Gasteiger charge is -2.16. The van der Waals surface area contributed by atoms with E-state index in [4.69, 9.17) is 0 Å². The van der Waals surface area contributed by atoms with Crippen molar-refractivity contribution < 1.29 is 4.79 Å². The minimum absolute atomic E-state index is 0.151. The van der Waals surface area contributed by atoms with Crippen LogP contribution in [0.5, 0.6) is 0 Å². The Morgan fingerprint density at radius 2 is 2.06 bits per heavy atom. The highest BCUT2D eigenvalue weighted by molar-refractivity contribution is 5.94. The highest BCUT2D eigenvalue weighted by Gasteiger charge is 2.32. The molecular weight excluding hydrogens is 222 g/mol. The normalized spacial score (nSPS) is 23.1. The standard InChI is InChI=1S/C16H21NO/c1-4-13-10-17(11-14(13)5-2)16(18)15-8-6-12(3)7-9-15/h4,6-9,13-14H,1,5,10-11H2,2-3H3/t13-,14+/m0/s1. The van der Waals surface area contributed by atoms with E-state index in [1.165, 1.54) is 5.56 Å². The van der Waals surface area contributed by atoms with Crippen LogP contribution in [0.25, 0.3) is 0 Å². The van der Waals surface area contributed by atoms with Crippen LogP contribution >= 0.6 is 0 Å². The van der Waals surface area contributed by atoms with Gasteiger partial charge in [-0.25, -0.2) is 0 Å². The van der Waals surface area contributed by atoms with Crippen molar-refractivity contribution in [2.75, 3.05) is 13.1 Å². The van der Waals surface area contributed by atoms with E-state index in [2.05, 4.69) is 13.5 Å². The first-order valence-corrected chi connectivity index (χ1v) is 6.64. The van der Waals surface area contributed by atoms with Crippen molar-refractivity contribution in [3.63, 3.8) is 0 Å². The number of amides is 1. The van der Waals surface area contributed by atoms with Crippen molar-refractivity contribution in [3.8, 4) is 0 Å². The van der Waals surface area contributed by atoms with Crippen molar-refractivity contribution in [1.29, 1.82) is 0 Å². The van der Waals surface area contributed by atoms with Crippen LogP contribution in [0.15, 0.2) is 36.9 Å². The number of aryl methyl sites for hydroxylation is 1. The topological polar surface area (TPSA) is 20.3 Å². The Labute approximate surface area is 109 Å². The van der Waals surface area contributed by atoms with Gasteiger partial charge >= 0.3 is 0 Å². The number of rotatable bonds is 3. The maximum atomic E-state index is 12.4. The van der Waals surface area contributed by atoms with E-state index in [1.54, 1.807) is 0 Å². The van der Waals surface area contributed by atoms with Crippen LogP contribution in [-0.2, 0) is 0 Å². The van der Waals surface area contributed by atoms with Crippen LogP contribution in [0.3, 0.4) is 0 Å². The lowest BCUT2D eigenvalue weighted by Crippen LogP contribution is -2.28. The maximum Gasteiger partial charge on any atom is 0.253 e. The van der Waals surface area contributed by atoms with E-state index < -0.39 is 0 Å². The molecule has 0 radical (unpaired) electrons. The Morgan fingerprint density at radius 1 is 1.39 bits per heavy atom. The maximum absolute atomic E-state index is 12.4. The highest BCUT2D eigenvalue weighted by atomic mass is 16.2. The molecule has 1 aromatic rings. The number of nitrogens with zero attached hydrogens (tertiary/aromatic N) is 1.